The van der Waals surface area contributed by atoms with Crippen LogP contribution in [0, 0.1) is 0 Å². The summed E-state index contributed by atoms with van der Waals surface area (Å²) in [5, 5.41) is 18.2. The van der Waals surface area contributed by atoms with Crippen molar-refractivity contribution in [2.45, 2.75) is 38.6 Å². The third-order valence-corrected chi connectivity index (χ3v) is 4.76. The molecule has 0 saturated heterocycles. The average molecular weight is 381 g/mol. The van der Waals surface area contributed by atoms with Gasteiger partial charge in [-0.1, -0.05) is 30.3 Å². The third-order valence-electron chi connectivity index (χ3n) is 4.76. The van der Waals surface area contributed by atoms with Gasteiger partial charge in [0.25, 0.3) is 0 Å². The number of nitrogens with zero attached hydrogens (tertiary/aromatic N) is 2. The molecule has 0 saturated carbocycles. The summed E-state index contributed by atoms with van der Waals surface area (Å²) in [7, 11) is 0. The first-order valence-corrected chi connectivity index (χ1v) is 9.35. The Kier molecular flexibility index (Phi) is 5.16. The van der Waals surface area contributed by atoms with E-state index in [1.165, 1.54) is 0 Å². The number of hydrogen-bond acceptors (Lipinski definition) is 5. The molecule has 7 nitrogen and oxygen atoms in total. The van der Waals surface area contributed by atoms with Gasteiger partial charge in [-0.15, -0.1) is 0 Å². The Balaban J connectivity index is 1.42. The van der Waals surface area contributed by atoms with Crippen LogP contribution in [0.4, 0.5) is 4.79 Å². The lowest BCUT2D eigenvalue weighted by molar-refractivity contribution is 0.0926. The van der Waals surface area contributed by atoms with Gasteiger partial charge in [0.15, 0.2) is 0 Å². The van der Waals surface area contributed by atoms with Crippen molar-refractivity contribution in [2.24, 2.45) is 0 Å². The van der Waals surface area contributed by atoms with Gasteiger partial charge in [0.05, 0.1) is 24.4 Å². The van der Waals surface area contributed by atoms with Crippen LogP contribution < -0.4 is 10.1 Å². The number of aromatic nitrogens is 2. The molecule has 3 aromatic rings. The molecule has 146 valence electrons. The highest BCUT2D eigenvalue weighted by molar-refractivity contribution is 5.84. The van der Waals surface area contributed by atoms with Gasteiger partial charge in [-0.05, 0) is 24.6 Å². The van der Waals surface area contributed by atoms with E-state index in [9.17, 15) is 9.90 Å². The van der Waals surface area contributed by atoms with E-state index in [0.29, 0.717) is 19.6 Å². The van der Waals surface area contributed by atoms with Crippen LogP contribution in [-0.2, 0) is 24.3 Å². The molecule has 7 heteroatoms. The number of aliphatic hydroxyl groups is 1. The molecule has 0 fully saturated rings. The van der Waals surface area contributed by atoms with Crippen LogP contribution in [0.3, 0.4) is 0 Å². The Morgan fingerprint density at radius 1 is 1.36 bits per heavy atom. The number of carbonyl (C=O) groups is 1. The molecule has 2 N–H and O–H groups in total. The van der Waals surface area contributed by atoms with Gasteiger partial charge in [-0.3, -0.25) is 4.68 Å². The highest BCUT2D eigenvalue weighted by Gasteiger charge is 2.23. The van der Waals surface area contributed by atoms with Gasteiger partial charge in [0.2, 0.25) is 0 Å². The molecule has 2 atom stereocenters. The quantitative estimate of drug-likeness (QED) is 0.710. The second-order valence-corrected chi connectivity index (χ2v) is 7.08. The molecule has 0 radical (unpaired) electrons. The van der Waals surface area contributed by atoms with E-state index < -0.39 is 12.2 Å². The maximum atomic E-state index is 12.1. The Morgan fingerprint density at radius 2 is 2.18 bits per heavy atom. The molecular weight excluding hydrogens is 358 g/mol. The zero-order valence-electron chi connectivity index (χ0n) is 15.7. The Labute approximate surface area is 162 Å². The predicted molar refractivity (Wildman–Crippen MR) is 104 cm³/mol. The number of rotatable bonds is 5. The van der Waals surface area contributed by atoms with E-state index in [1.807, 2.05) is 54.1 Å². The van der Waals surface area contributed by atoms with E-state index in [1.54, 1.807) is 6.20 Å². The minimum Gasteiger partial charge on any atom is -0.491 e. The highest BCUT2D eigenvalue weighted by Crippen LogP contribution is 2.32. The molecule has 0 bridgehead atoms. The van der Waals surface area contributed by atoms with E-state index in [4.69, 9.17) is 9.47 Å². The topological polar surface area (TPSA) is 85.6 Å². The maximum absolute atomic E-state index is 12.1. The molecular formula is C21H23N3O4. The minimum atomic E-state index is -0.523. The summed E-state index contributed by atoms with van der Waals surface area (Å²) in [6.45, 7) is 2.92. The molecule has 0 spiro atoms. The summed E-state index contributed by atoms with van der Waals surface area (Å²) in [4.78, 5) is 12.1. The van der Waals surface area contributed by atoms with Gasteiger partial charge in [-0.2, -0.15) is 5.10 Å². The number of fused-ring (bicyclic) bond motifs is 3. The lowest BCUT2D eigenvalue weighted by Crippen LogP contribution is -2.36. The summed E-state index contributed by atoms with van der Waals surface area (Å²) in [5.74, 6) is 0.780. The van der Waals surface area contributed by atoms with E-state index in [-0.39, 0.29) is 12.6 Å². The fourth-order valence-electron chi connectivity index (χ4n) is 3.46. The Hall–Kier alpha value is -3.06. The van der Waals surface area contributed by atoms with Crippen molar-refractivity contribution in [3.63, 3.8) is 0 Å². The van der Waals surface area contributed by atoms with Gasteiger partial charge >= 0.3 is 6.09 Å². The number of amides is 1. The molecule has 1 aliphatic heterocycles. The standard InChI is InChI=1S/C21H23N3O4/c1-14(23-21(26)28-12-15-5-3-2-4-6-15)11-24-20-16(10-22-24)7-8-19-18(20)9-17(25)13-27-19/h2-8,10,14,17,25H,9,11-13H2,1H3,(H,23,26)/t14-,17+/m0/s1. The lowest BCUT2D eigenvalue weighted by Gasteiger charge is -2.23. The zero-order valence-corrected chi connectivity index (χ0v) is 15.7. The van der Waals surface area contributed by atoms with Crippen LogP contribution >= 0.6 is 0 Å². The van der Waals surface area contributed by atoms with Crippen LogP contribution in [-0.4, -0.2) is 39.7 Å². The molecule has 0 aliphatic carbocycles. The Bertz CT molecular complexity index is 970. The van der Waals surface area contributed by atoms with Crippen LogP contribution in [0.1, 0.15) is 18.1 Å². The molecule has 0 unspecified atom stereocenters. The average Bonchev–Trinajstić information content (AvgIpc) is 3.10. The summed E-state index contributed by atoms with van der Waals surface area (Å²) >= 11 is 0. The SMILES string of the molecule is C[C@@H](Cn1ncc2ccc3c(c21)C[C@@H](O)CO3)NC(=O)OCc1ccccc1. The minimum absolute atomic E-state index is 0.184. The van der Waals surface area contributed by atoms with Crippen molar-refractivity contribution < 1.29 is 19.4 Å². The van der Waals surface area contributed by atoms with Gasteiger partial charge in [0, 0.05) is 23.4 Å². The molecule has 1 aliphatic rings. The van der Waals surface area contributed by atoms with Crippen LogP contribution in [0.15, 0.2) is 48.7 Å². The molecule has 1 aromatic heterocycles. The molecule has 1 amide bonds. The summed E-state index contributed by atoms with van der Waals surface area (Å²) in [6, 6.07) is 13.2. The molecule has 4 rings (SSSR count). The molecule has 2 aromatic carbocycles. The lowest BCUT2D eigenvalue weighted by atomic mass is 10.0. The summed E-state index contributed by atoms with van der Waals surface area (Å²) < 4.78 is 12.8. The second-order valence-electron chi connectivity index (χ2n) is 7.08. The number of aliphatic hydroxyl groups excluding tert-OH is 1. The third kappa shape index (κ3) is 3.94. The first-order valence-electron chi connectivity index (χ1n) is 9.35. The van der Waals surface area contributed by atoms with Gasteiger partial charge < -0.3 is 19.9 Å². The van der Waals surface area contributed by atoms with E-state index in [2.05, 4.69) is 10.4 Å². The van der Waals surface area contributed by atoms with Crippen molar-refractivity contribution in [2.75, 3.05) is 6.61 Å². The van der Waals surface area contributed by atoms with Crippen molar-refractivity contribution >= 4 is 17.0 Å². The number of nitrogens with one attached hydrogen (secondary N) is 1. The number of alkyl carbamates (subject to hydrolysis) is 1. The largest absolute Gasteiger partial charge is 0.491 e. The zero-order chi connectivity index (χ0) is 19.5. The van der Waals surface area contributed by atoms with Gasteiger partial charge in [0.1, 0.15) is 19.0 Å². The van der Waals surface area contributed by atoms with Crippen molar-refractivity contribution in [1.82, 2.24) is 15.1 Å². The first kappa shape index (κ1) is 18.3. The monoisotopic (exact) mass is 381 g/mol. The Morgan fingerprint density at radius 3 is 3.00 bits per heavy atom. The molecule has 2 heterocycles. The van der Waals surface area contributed by atoms with E-state index >= 15 is 0 Å². The highest BCUT2D eigenvalue weighted by atomic mass is 16.5. The number of benzene rings is 2. The fourth-order valence-corrected chi connectivity index (χ4v) is 3.46. The normalized spacial score (nSPS) is 16.9. The summed E-state index contributed by atoms with van der Waals surface area (Å²) in [5.41, 5.74) is 2.82. The maximum Gasteiger partial charge on any atom is 0.407 e. The van der Waals surface area contributed by atoms with Crippen LogP contribution in [0.25, 0.3) is 10.9 Å². The van der Waals surface area contributed by atoms with Gasteiger partial charge in [-0.25, -0.2) is 4.79 Å². The number of hydrogen-bond donors (Lipinski definition) is 2. The van der Waals surface area contributed by atoms with Crippen molar-refractivity contribution in [3.8, 4) is 5.75 Å². The first-order chi connectivity index (χ1) is 13.6. The summed E-state index contributed by atoms with van der Waals surface area (Å²) in [6.07, 6.45) is 1.33. The predicted octanol–water partition coefficient (Wildman–Crippen LogP) is 2.65. The van der Waals surface area contributed by atoms with Crippen LogP contribution in [0.2, 0.25) is 0 Å². The smallest absolute Gasteiger partial charge is 0.407 e. The number of ether oxygens (including phenoxy) is 2. The van der Waals surface area contributed by atoms with Crippen molar-refractivity contribution in [1.29, 1.82) is 0 Å². The van der Waals surface area contributed by atoms with Crippen LogP contribution in [0.5, 0.6) is 5.75 Å². The van der Waals surface area contributed by atoms with E-state index in [0.717, 1.165) is 27.8 Å². The van der Waals surface area contributed by atoms with Crippen molar-refractivity contribution in [3.05, 3.63) is 59.8 Å². The fraction of sp³-hybridized carbons (Fsp3) is 0.333. The second kappa shape index (κ2) is 7.90. The molecule has 28 heavy (non-hydrogen) atoms. The number of carbonyl (C=O) groups excluding carboxylic acids is 1.